The van der Waals surface area contributed by atoms with Gasteiger partial charge in [-0.15, -0.1) is 0 Å². The fraction of sp³-hybridized carbons (Fsp3) is 0.143. The quantitative estimate of drug-likeness (QED) is 0.412. The van der Waals surface area contributed by atoms with E-state index in [-0.39, 0.29) is 11.9 Å². The number of rotatable bonds is 7. The average molecular weight is 407 g/mol. The Morgan fingerprint density at radius 1 is 0.931 bits per heavy atom. The first-order valence-electron chi connectivity index (χ1n) is 9.05. The number of anilines is 1. The van der Waals surface area contributed by atoms with Crippen LogP contribution < -0.4 is 16.0 Å². The lowest BCUT2D eigenvalue weighted by Gasteiger charge is -2.11. The third-order valence-electron chi connectivity index (χ3n) is 3.93. The van der Waals surface area contributed by atoms with E-state index in [1.807, 2.05) is 31.2 Å². The topological polar surface area (TPSA) is 96.0 Å². The van der Waals surface area contributed by atoms with Crippen molar-refractivity contribution in [1.82, 2.24) is 20.6 Å². The Morgan fingerprint density at radius 3 is 2.38 bits per heavy atom. The van der Waals surface area contributed by atoms with Gasteiger partial charge in [-0.3, -0.25) is 4.79 Å². The van der Waals surface area contributed by atoms with Crippen LogP contribution >= 0.6 is 11.8 Å². The second kappa shape index (κ2) is 10.2. The monoisotopic (exact) mass is 407 g/mol. The maximum Gasteiger partial charge on any atom is 0.319 e. The van der Waals surface area contributed by atoms with E-state index in [9.17, 15) is 9.59 Å². The number of aromatic nitrogens is 2. The van der Waals surface area contributed by atoms with Crippen molar-refractivity contribution < 1.29 is 9.59 Å². The van der Waals surface area contributed by atoms with Gasteiger partial charge in [-0.1, -0.05) is 18.2 Å². The van der Waals surface area contributed by atoms with Crippen molar-refractivity contribution in [1.29, 1.82) is 0 Å². The summed E-state index contributed by atoms with van der Waals surface area (Å²) >= 11 is 1.46. The van der Waals surface area contributed by atoms with Crippen molar-refractivity contribution in [2.75, 3.05) is 18.4 Å². The van der Waals surface area contributed by atoms with Gasteiger partial charge in [-0.25, -0.2) is 14.8 Å². The fourth-order valence-corrected chi connectivity index (χ4v) is 3.30. The van der Waals surface area contributed by atoms with Gasteiger partial charge in [-0.05, 0) is 60.6 Å². The number of hydrogen-bond acceptors (Lipinski definition) is 5. The SMILES string of the molecule is Cc1cc(Sc2ncccn2)ccc1NC(=O)NCCNC(=O)c1ccccc1. The molecule has 0 aliphatic rings. The molecule has 3 N–H and O–H groups in total. The van der Waals surface area contributed by atoms with Gasteiger partial charge in [0.05, 0.1) is 0 Å². The van der Waals surface area contributed by atoms with Gasteiger partial charge in [0.2, 0.25) is 0 Å². The molecule has 0 radical (unpaired) electrons. The van der Waals surface area contributed by atoms with Crippen LogP contribution in [0, 0.1) is 6.92 Å². The van der Waals surface area contributed by atoms with E-state index >= 15 is 0 Å². The third kappa shape index (κ3) is 6.32. The summed E-state index contributed by atoms with van der Waals surface area (Å²) in [6, 6.07) is 16.1. The zero-order chi connectivity index (χ0) is 20.5. The van der Waals surface area contributed by atoms with E-state index in [0.717, 1.165) is 10.5 Å². The van der Waals surface area contributed by atoms with Crippen LogP contribution in [0.5, 0.6) is 0 Å². The first kappa shape index (κ1) is 20.3. The largest absolute Gasteiger partial charge is 0.350 e. The van der Waals surface area contributed by atoms with Crippen LogP contribution in [0.2, 0.25) is 0 Å². The van der Waals surface area contributed by atoms with E-state index in [4.69, 9.17) is 0 Å². The molecule has 1 heterocycles. The zero-order valence-corrected chi connectivity index (χ0v) is 16.7. The molecular weight excluding hydrogens is 386 g/mol. The van der Waals surface area contributed by atoms with Crippen LogP contribution in [-0.2, 0) is 0 Å². The highest BCUT2D eigenvalue weighted by Gasteiger charge is 2.07. The number of nitrogens with zero attached hydrogens (tertiary/aromatic N) is 2. The standard InChI is InChI=1S/C21H21N5O2S/c1-15-14-17(29-21-24-10-5-11-25-21)8-9-18(15)26-20(28)23-13-12-22-19(27)16-6-3-2-4-7-16/h2-11,14H,12-13H2,1H3,(H,22,27)(H2,23,26,28). The molecule has 0 aliphatic heterocycles. The van der Waals surface area contributed by atoms with E-state index in [1.54, 1.807) is 42.7 Å². The smallest absolute Gasteiger partial charge is 0.319 e. The summed E-state index contributed by atoms with van der Waals surface area (Å²) in [5.41, 5.74) is 2.24. The molecule has 0 saturated carbocycles. The van der Waals surface area contributed by atoms with Crippen molar-refractivity contribution in [3.63, 3.8) is 0 Å². The molecule has 8 heteroatoms. The van der Waals surface area contributed by atoms with Crippen molar-refractivity contribution in [3.05, 3.63) is 78.1 Å². The number of hydrogen-bond donors (Lipinski definition) is 3. The zero-order valence-electron chi connectivity index (χ0n) is 15.9. The molecule has 0 bridgehead atoms. The van der Waals surface area contributed by atoms with Gasteiger partial charge in [0, 0.05) is 41.6 Å². The Morgan fingerprint density at radius 2 is 1.66 bits per heavy atom. The van der Waals surface area contributed by atoms with Crippen LogP contribution in [0.15, 0.2) is 77.0 Å². The molecule has 3 amide bonds. The third-order valence-corrected chi connectivity index (χ3v) is 4.81. The summed E-state index contributed by atoms with van der Waals surface area (Å²) in [7, 11) is 0. The van der Waals surface area contributed by atoms with Crippen molar-refractivity contribution in [2.24, 2.45) is 0 Å². The molecular formula is C21H21N5O2S. The first-order chi connectivity index (χ1) is 14.1. The van der Waals surface area contributed by atoms with E-state index in [2.05, 4.69) is 25.9 Å². The van der Waals surface area contributed by atoms with Crippen molar-refractivity contribution in [2.45, 2.75) is 17.0 Å². The summed E-state index contributed by atoms with van der Waals surface area (Å²) in [5, 5.41) is 8.98. The maximum atomic E-state index is 12.1. The number of carbonyl (C=O) groups excluding carboxylic acids is 2. The minimum Gasteiger partial charge on any atom is -0.350 e. The molecule has 0 aliphatic carbocycles. The van der Waals surface area contributed by atoms with Crippen LogP contribution in [0.3, 0.4) is 0 Å². The van der Waals surface area contributed by atoms with E-state index in [1.165, 1.54) is 11.8 Å². The first-order valence-corrected chi connectivity index (χ1v) is 9.87. The van der Waals surface area contributed by atoms with Gasteiger partial charge in [0.25, 0.3) is 5.91 Å². The lowest BCUT2D eigenvalue weighted by atomic mass is 10.2. The summed E-state index contributed by atoms with van der Waals surface area (Å²) in [4.78, 5) is 33.4. The van der Waals surface area contributed by atoms with Gasteiger partial charge < -0.3 is 16.0 Å². The van der Waals surface area contributed by atoms with Gasteiger partial charge in [0.15, 0.2) is 5.16 Å². The van der Waals surface area contributed by atoms with Crippen LogP contribution in [-0.4, -0.2) is 35.0 Å². The number of benzene rings is 2. The Kier molecular flexibility index (Phi) is 7.18. The molecule has 3 rings (SSSR count). The predicted octanol–water partition coefficient (Wildman–Crippen LogP) is 3.49. The highest BCUT2D eigenvalue weighted by molar-refractivity contribution is 7.99. The second-order valence-electron chi connectivity index (χ2n) is 6.11. The van der Waals surface area contributed by atoms with Gasteiger partial charge in [0.1, 0.15) is 0 Å². The maximum absolute atomic E-state index is 12.1. The number of urea groups is 1. The lowest BCUT2D eigenvalue weighted by molar-refractivity contribution is 0.0954. The molecule has 1 aromatic heterocycles. The minimum atomic E-state index is -0.325. The molecule has 2 aromatic carbocycles. The molecule has 3 aromatic rings. The number of amides is 3. The van der Waals surface area contributed by atoms with E-state index < -0.39 is 0 Å². The fourth-order valence-electron chi connectivity index (χ4n) is 2.49. The molecule has 7 nitrogen and oxygen atoms in total. The molecule has 0 spiro atoms. The summed E-state index contributed by atoms with van der Waals surface area (Å²) in [6.45, 7) is 2.58. The van der Waals surface area contributed by atoms with E-state index in [0.29, 0.717) is 29.5 Å². The average Bonchev–Trinajstić information content (AvgIpc) is 2.74. The molecule has 148 valence electrons. The number of nitrogens with one attached hydrogen (secondary N) is 3. The minimum absolute atomic E-state index is 0.167. The van der Waals surface area contributed by atoms with Gasteiger partial charge >= 0.3 is 6.03 Å². The van der Waals surface area contributed by atoms with Crippen LogP contribution in [0.1, 0.15) is 15.9 Å². The number of carbonyl (C=O) groups is 2. The van der Waals surface area contributed by atoms with Crippen LogP contribution in [0.4, 0.5) is 10.5 Å². The number of aryl methyl sites for hydroxylation is 1. The molecule has 0 atom stereocenters. The van der Waals surface area contributed by atoms with Gasteiger partial charge in [-0.2, -0.15) is 0 Å². The normalized spacial score (nSPS) is 10.2. The molecule has 0 fully saturated rings. The Hall–Kier alpha value is -3.39. The summed E-state index contributed by atoms with van der Waals surface area (Å²) in [6.07, 6.45) is 3.40. The van der Waals surface area contributed by atoms with Crippen molar-refractivity contribution in [3.8, 4) is 0 Å². The summed E-state index contributed by atoms with van der Waals surface area (Å²) in [5.74, 6) is -0.167. The summed E-state index contributed by atoms with van der Waals surface area (Å²) < 4.78 is 0. The molecule has 0 unspecified atom stereocenters. The highest BCUT2D eigenvalue weighted by atomic mass is 32.2. The highest BCUT2D eigenvalue weighted by Crippen LogP contribution is 2.27. The lowest BCUT2D eigenvalue weighted by Crippen LogP contribution is -2.36. The Balaban J connectivity index is 1.43. The van der Waals surface area contributed by atoms with Crippen molar-refractivity contribution >= 4 is 29.4 Å². The molecule has 0 saturated heterocycles. The Bertz CT molecular complexity index is 967. The molecule has 29 heavy (non-hydrogen) atoms. The predicted molar refractivity (Wildman–Crippen MR) is 113 cm³/mol. The van der Waals surface area contributed by atoms with Crippen LogP contribution in [0.25, 0.3) is 0 Å². The Labute approximate surface area is 173 Å². The second-order valence-corrected chi connectivity index (χ2v) is 7.15.